The number of fused-ring (bicyclic) bond motifs is 1. The molecule has 1 aromatic rings. The molecule has 1 N–H and O–H groups in total. The summed E-state index contributed by atoms with van der Waals surface area (Å²) in [6.45, 7) is 5.97. The van der Waals surface area contributed by atoms with Crippen LogP contribution in [0.5, 0.6) is 0 Å². The Balaban J connectivity index is 1.84. The molecular formula is C16H22N2O. The maximum atomic E-state index is 12.7. The minimum absolute atomic E-state index is 0.245. The Bertz CT molecular complexity index is 484. The zero-order valence-corrected chi connectivity index (χ0v) is 11.6. The van der Waals surface area contributed by atoms with Crippen LogP contribution in [0.15, 0.2) is 18.2 Å². The fourth-order valence-corrected chi connectivity index (χ4v) is 3.25. The van der Waals surface area contributed by atoms with Crippen LogP contribution in [0.4, 0.5) is 0 Å². The van der Waals surface area contributed by atoms with Gasteiger partial charge in [-0.25, -0.2) is 0 Å². The third-order valence-electron chi connectivity index (χ3n) is 4.52. The van der Waals surface area contributed by atoms with Gasteiger partial charge in [0.25, 0.3) is 5.91 Å². The van der Waals surface area contributed by atoms with Crippen molar-refractivity contribution in [2.24, 2.45) is 5.92 Å². The summed E-state index contributed by atoms with van der Waals surface area (Å²) in [5.41, 5.74) is 3.50. The molecule has 2 aliphatic rings. The van der Waals surface area contributed by atoms with E-state index in [1.165, 1.54) is 24.0 Å². The van der Waals surface area contributed by atoms with Gasteiger partial charge in [-0.1, -0.05) is 25.5 Å². The van der Waals surface area contributed by atoms with Crippen LogP contribution in [-0.4, -0.2) is 30.4 Å². The molecule has 0 bridgehead atoms. The predicted octanol–water partition coefficient (Wildman–Crippen LogP) is 2.20. The van der Waals surface area contributed by atoms with Crippen molar-refractivity contribution in [3.8, 4) is 0 Å². The van der Waals surface area contributed by atoms with E-state index >= 15 is 0 Å². The SMILES string of the molecule is CCC1CCN(C(=O)c2cccc3c2CCNC3)C1. The van der Waals surface area contributed by atoms with Crippen molar-refractivity contribution in [1.29, 1.82) is 0 Å². The molecule has 0 radical (unpaired) electrons. The highest BCUT2D eigenvalue weighted by atomic mass is 16.2. The van der Waals surface area contributed by atoms with Gasteiger partial charge in [-0.05, 0) is 42.5 Å². The van der Waals surface area contributed by atoms with Crippen LogP contribution in [0.25, 0.3) is 0 Å². The van der Waals surface area contributed by atoms with E-state index in [4.69, 9.17) is 0 Å². The highest BCUT2D eigenvalue weighted by Gasteiger charge is 2.27. The third-order valence-corrected chi connectivity index (χ3v) is 4.52. The fraction of sp³-hybridized carbons (Fsp3) is 0.562. The van der Waals surface area contributed by atoms with Crippen molar-refractivity contribution in [1.82, 2.24) is 10.2 Å². The van der Waals surface area contributed by atoms with E-state index in [1.807, 2.05) is 17.0 Å². The molecule has 2 heterocycles. The molecule has 1 atom stereocenters. The van der Waals surface area contributed by atoms with E-state index in [2.05, 4.69) is 18.3 Å². The van der Waals surface area contributed by atoms with Gasteiger partial charge in [0, 0.05) is 25.2 Å². The lowest BCUT2D eigenvalue weighted by atomic mass is 9.95. The number of likely N-dealkylation sites (tertiary alicyclic amines) is 1. The minimum atomic E-state index is 0.245. The van der Waals surface area contributed by atoms with Gasteiger partial charge < -0.3 is 10.2 Å². The summed E-state index contributed by atoms with van der Waals surface area (Å²) in [6.07, 6.45) is 3.32. The van der Waals surface area contributed by atoms with E-state index in [1.54, 1.807) is 0 Å². The van der Waals surface area contributed by atoms with E-state index < -0.39 is 0 Å². The van der Waals surface area contributed by atoms with Crippen LogP contribution in [0.3, 0.4) is 0 Å². The quantitative estimate of drug-likeness (QED) is 0.882. The first-order chi connectivity index (χ1) is 9.29. The molecule has 0 aromatic heterocycles. The summed E-state index contributed by atoms with van der Waals surface area (Å²) in [6, 6.07) is 6.16. The molecule has 3 nitrogen and oxygen atoms in total. The average molecular weight is 258 g/mol. The standard InChI is InChI=1S/C16H22N2O/c1-2-12-7-9-18(11-12)16(19)15-5-3-4-13-10-17-8-6-14(13)15/h3-5,12,17H,2,6-11H2,1H3. The first kappa shape index (κ1) is 12.7. The van der Waals surface area contributed by atoms with Crippen LogP contribution in [0.1, 0.15) is 41.3 Å². The average Bonchev–Trinajstić information content (AvgIpc) is 2.95. The number of benzene rings is 1. The molecule has 1 fully saturated rings. The molecular weight excluding hydrogens is 236 g/mol. The van der Waals surface area contributed by atoms with Gasteiger partial charge in [0.05, 0.1) is 0 Å². The molecule has 1 saturated heterocycles. The van der Waals surface area contributed by atoms with Crippen molar-refractivity contribution in [2.75, 3.05) is 19.6 Å². The zero-order valence-electron chi connectivity index (χ0n) is 11.6. The van der Waals surface area contributed by atoms with Gasteiger partial charge in [-0.2, -0.15) is 0 Å². The Morgan fingerprint density at radius 1 is 1.47 bits per heavy atom. The molecule has 102 valence electrons. The molecule has 3 heteroatoms. The number of hydrogen-bond acceptors (Lipinski definition) is 2. The van der Waals surface area contributed by atoms with Gasteiger partial charge >= 0.3 is 0 Å². The van der Waals surface area contributed by atoms with Crippen LogP contribution < -0.4 is 5.32 Å². The molecule has 1 amide bonds. The number of hydrogen-bond donors (Lipinski definition) is 1. The van der Waals surface area contributed by atoms with E-state index in [-0.39, 0.29) is 5.91 Å². The molecule has 0 saturated carbocycles. The van der Waals surface area contributed by atoms with Gasteiger partial charge in [0.2, 0.25) is 0 Å². The first-order valence-electron chi connectivity index (χ1n) is 7.40. The van der Waals surface area contributed by atoms with E-state index in [0.717, 1.165) is 38.2 Å². The van der Waals surface area contributed by atoms with E-state index in [9.17, 15) is 4.79 Å². The lowest BCUT2D eigenvalue weighted by Crippen LogP contribution is -2.32. The smallest absolute Gasteiger partial charge is 0.254 e. The van der Waals surface area contributed by atoms with E-state index in [0.29, 0.717) is 5.92 Å². The molecule has 3 rings (SSSR count). The Hall–Kier alpha value is -1.35. The second kappa shape index (κ2) is 5.33. The molecule has 2 aliphatic heterocycles. The summed E-state index contributed by atoms with van der Waals surface area (Å²) in [7, 11) is 0. The molecule has 0 spiro atoms. The van der Waals surface area contributed by atoms with Gasteiger partial charge in [-0.3, -0.25) is 4.79 Å². The predicted molar refractivity (Wildman–Crippen MR) is 76.2 cm³/mol. The van der Waals surface area contributed by atoms with Gasteiger partial charge in [0.15, 0.2) is 0 Å². The fourth-order valence-electron chi connectivity index (χ4n) is 3.25. The molecule has 19 heavy (non-hydrogen) atoms. The minimum Gasteiger partial charge on any atom is -0.338 e. The number of carbonyl (C=O) groups excluding carboxylic acids is 1. The van der Waals surface area contributed by atoms with Crippen molar-refractivity contribution in [3.63, 3.8) is 0 Å². The van der Waals surface area contributed by atoms with Crippen LogP contribution >= 0.6 is 0 Å². The number of nitrogens with one attached hydrogen (secondary N) is 1. The second-order valence-corrected chi connectivity index (χ2v) is 5.68. The number of rotatable bonds is 2. The molecule has 1 unspecified atom stereocenters. The van der Waals surface area contributed by atoms with Crippen LogP contribution in [-0.2, 0) is 13.0 Å². The maximum absolute atomic E-state index is 12.7. The summed E-state index contributed by atoms with van der Waals surface area (Å²) in [4.78, 5) is 14.7. The van der Waals surface area contributed by atoms with Crippen molar-refractivity contribution < 1.29 is 4.79 Å². The molecule has 1 aromatic carbocycles. The number of carbonyl (C=O) groups is 1. The van der Waals surface area contributed by atoms with Gasteiger partial charge in [-0.15, -0.1) is 0 Å². The van der Waals surface area contributed by atoms with Gasteiger partial charge in [0.1, 0.15) is 0 Å². The lowest BCUT2D eigenvalue weighted by Gasteiger charge is -2.23. The monoisotopic (exact) mass is 258 g/mol. The third kappa shape index (κ3) is 2.39. The maximum Gasteiger partial charge on any atom is 0.254 e. The molecule has 0 aliphatic carbocycles. The first-order valence-corrected chi connectivity index (χ1v) is 7.40. The Kier molecular flexibility index (Phi) is 3.56. The largest absolute Gasteiger partial charge is 0.338 e. The topological polar surface area (TPSA) is 32.3 Å². The zero-order chi connectivity index (χ0) is 13.2. The Morgan fingerprint density at radius 2 is 2.37 bits per heavy atom. The highest BCUT2D eigenvalue weighted by molar-refractivity contribution is 5.96. The summed E-state index contributed by atoms with van der Waals surface area (Å²) >= 11 is 0. The van der Waals surface area contributed by atoms with Crippen molar-refractivity contribution in [3.05, 3.63) is 34.9 Å². The normalized spacial score (nSPS) is 22.4. The van der Waals surface area contributed by atoms with Crippen molar-refractivity contribution in [2.45, 2.75) is 32.7 Å². The Labute approximate surface area is 115 Å². The van der Waals surface area contributed by atoms with Crippen molar-refractivity contribution >= 4 is 5.91 Å². The Morgan fingerprint density at radius 3 is 3.16 bits per heavy atom. The summed E-state index contributed by atoms with van der Waals surface area (Å²) < 4.78 is 0. The highest BCUT2D eigenvalue weighted by Crippen LogP contribution is 2.24. The summed E-state index contributed by atoms with van der Waals surface area (Å²) in [5.74, 6) is 0.944. The number of amides is 1. The lowest BCUT2D eigenvalue weighted by molar-refractivity contribution is 0.0785. The van der Waals surface area contributed by atoms with Crippen LogP contribution in [0.2, 0.25) is 0 Å². The number of nitrogens with zero attached hydrogens (tertiary/aromatic N) is 1. The summed E-state index contributed by atoms with van der Waals surface area (Å²) in [5, 5.41) is 3.37. The second-order valence-electron chi connectivity index (χ2n) is 5.68. The van der Waals surface area contributed by atoms with Crippen LogP contribution in [0, 0.1) is 5.92 Å².